The molecule has 5 aromatic rings. The number of ketones is 1. The van der Waals surface area contributed by atoms with Gasteiger partial charge in [0.05, 0.1) is 29.4 Å². The van der Waals surface area contributed by atoms with Crippen LogP contribution in [0, 0.1) is 0 Å². The van der Waals surface area contributed by atoms with Crippen molar-refractivity contribution in [3.63, 3.8) is 0 Å². The number of piperazine rings is 1. The number of carbonyl (C=O) groups is 1. The quantitative estimate of drug-likeness (QED) is 0.270. The molecule has 1 fully saturated rings. The van der Waals surface area contributed by atoms with E-state index >= 15 is 0 Å². The lowest BCUT2D eigenvalue weighted by atomic mass is 9.86. The summed E-state index contributed by atoms with van der Waals surface area (Å²) in [7, 11) is 1.64. The first-order chi connectivity index (χ1) is 20.7. The van der Waals surface area contributed by atoms with Gasteiger partial charge in [-0.2, -0.15) is 0 Å². The van der Waals surface area contributed by atoms with Gasteiger partial charge < -0.3 is 29.0 Å². The van der Waals surface area contributed by atoms with Gasteiger partial charge in [0, 0.05) is 49.5 Å². The Balaban J connectivity index is 1.14. The van der Waals surface area contributed by atoms with Gasteiger partial charge in [-0.25, -0.2) is 0 Å². The molecule has 8 rings (SSSR count). The minimum Gasteiger partial charge on any atom is -0.497 e. The van der Waals surface area contributed by atoms with E-state index in [2.05, 4.69) is 32.4 Å². The van der Waals surface area contributed by atoms with E-state index in [0.29, 0.717) is 22.4 Å². The maximum atomic E-state index is 13.9. The number of ether oxygens (including phenoxy) is 3. The summed E-state index contributed by atoms with van der Waals surface area (Å²) in [6.45, 7) is 4.50. The average molecular weight is 561 g/mol. The maximum Gasteiger partial charge on any atom is 0.231 e. The molecule has 0 spiro atoms. The Labute approximate surface area is 242 Å². The van der Waals surface area contributed by atoms with Crippen molar-refractivity contribution >= 4 is 33.7 Å². The van der Waals surface area contributed by atoms with Crippen molar-refractivity contribution in [2.45, 2.75) is 6.54 Å². The molecule has 0 radical (unpaired) electrons. The molecular formula is C33H28N4O5. The molecule has 0 amide bonds. The van der Waals surface area contributed by atoms with E-state index in [1.807, 2.05) is 60.7 Å². The highest BCUT2D eigenvalue weighted by Gasteiger charge is 2.34. The summed E-state index contributed by atoms with van der Waals surface area (Å²) in [6, 6.07) is 23.5. The normalized spacial score (nSPS) is 15.6. The van der Waals surface area contributed by atoms with Crippen molar-refractivity contribution < 1.29 is 23.5 Å². The van der Waals surface area contributed by atoms with Gasteiger partial charge in [-0.05, 0) is 48.0 Å². The number of hydrogen-bond acceptors (Lipinski definition) is 9. The summed E-state index contributed by atoms with van der Waals surface area (Å²) >= 11 is 0. The fourth-order valence-corrected chi connectivity index (χ4v) is 6.16. The summed E-state index contributed by atoms with van der Waals surface area (Å²) in [5, 5.41) is 8.81. The summed E-state index contributed by atoms with van der Waals surface area (Å²) in [6.07, 6.45) is 0. The van der Waals surface area contributed by atoms with Gasteiger partial charge in [-0.1, -0.05) is 35.5 Å². The molecule has 42 heavy (non-hydrogen) atoms. The van der Waals surface area contributed by atoms with Crippen LogP contribution in [0.5, 0.6) is 17.2 Å². The molecular weight excluding hydrogens is 532 g/mol. The summed E-state index contributed by atoms with van der Waals surface area (Å²) in [4.78, 5) is 18.7. The number of aromatic nitrogens is 1. The minimum atomic E-state index is -0.0394. The lowest BCUT2D eigenvalue weighted by Crippen LogP contribution is -2.46. The number of carbonyl (C=O) groups excluding carboxylic acids is 1. The number of methoxy groups -OCH3 is 1. The maximum absolute atomic E-state index is 13.9. The van der Waals surface area contributed by atoms with Crippen LogP contribution >= 0.6 is 0 Å². The highest BCUT2D eigenvalue weighted by atomic mass is 16.7. The Morgan fingerprint density at radius 1 is 0.905 bits per heavy atom. The van der Waals surface area contributed by atoms with Crippen LogP contribution in [0.3, 0.4) is 0 Å². The van der Waals surface area contributed by atoms with E-state index in [1.54, 1.807) is 7.11 Å². The third-order valence-electron chi connectivity index (χ3n) is 8.30. The molecule has 1 aromatic heterocycles. The summed E-state index contributed by atoms with van der Waals surface area (Å²) in [5.41, 5.74) is 6.43. The highest BCUT2D eigenvalue weighted by molar-refractivity contribution is 6.28. The number of fused-ring (bicyclic) bond motifs is 3. The zero-order valence-corrected chi connectivity index (χ0v) is 23.1. The fourth-order valence-electron chi connectivity index (χ4n) is 6.16. The van der Waals surface area contributed by atoms with Gasteiger partial charge in [0.25, 0.3) is 0 Å². The zero-order valence-electron chi connectivity index (χ0n) is 23.1. The van der Waals surface area contributed by atoms with Crippen molar-refractivity contribution in [2.75, 3.05) is 50.3 Å². The second-order valence-electron chi connectivity index (χ2n) is 10.7. The number of rotatable bonds is 6. The lowest BCUT2D eigenvalue weighted by Gasteiger charge is -2.36. The Kier molecular flexibility index (Phi) is 5.78. The summed E-state index contributed by atoms with van der Waals surface area (Å²) in [5.74, 6) is 2.97. The number of anilines is 3. The molecule has 9 nitrogen and oxygen atoms in total. The Hall–Kier alpha value is -5.02. The van der Waals surface area contributed by atoms with Crippen molar-refractivity contribution in [3.05, 3.63) is 89.5 Å². The second kappa shape index (κ2) is 9.81. The van der Waals surface area contributed by atoms with Crippen molar-refractivity contribution in [2.24, 2.45) is 0 Å². The molecule has 9 heteroatoms. The van der Waals surface area contributed by atoms with Crippen molar-refractivity contribution in [1.29, 1.82) is 0 Å². The third kappa shape index (κ3) is 4.04. The highest BCUT2D eigenvalue weighted by Crippen LogP contribution is 2.46. The predicted octanol–water partition coefficient (Wildman–Crippen LogP) is 5.84. The standard InChI is InChI=1S/C33H28N4O5/c1-39-22-9-7-21(8-10-22)34-25-17-26(31-30-29(25)32(38)23-4-2-3-5-24(23)33(30)42-35-31)37-14-12-36(13-15-37)18-20-6-11-27-28(16-20)41-19-40-27/h2-11,16-17,34H,12-15,18-19H2,1H3. The van der Waals surface area contributed by atoms with E-state index in [1.165, 1.54) is 5.56 Å². The van der Waals surface area contributed by atoms with Crippen LogP contribution in [0.25, 0.3) is 22.2 Å². The van der Waals surface area contributed by atoms with Gasteiger partial charge in [-0.3, -0.25) is 9.69 Å². The van der Waals surface area contributed by atoms with Crippen LogP contribution in [0.15, 0.2) is 77.3 Å². The first-order valence-corrected chi connectivity index (χ1v) is 14.0. The molecule has 1 N–H and O–H groups in total. The van der Waals surface area contributed by atoms with Gasteiger partial charge >= 0.3 is 0 Å². The SMILES string of the molecule is COc1ccc(Nc2cc(N3CCN(Cc4ccc5c(c4)OCO5)CC3)c3noc4c3c2C(=O)c2ccccc2-4)cc1. The molecule has 0 saturated carbocycles. The van der Waals surface area contributed by atoms with Crippen LogP contribution < -0.4 is 24.4 Å². The lowest BCUT2D eigenvalue weighted by molar-refractivity contribution is 0.104. The monoisotopic (exact) mass is 560 g/mol. The molecule has 3 heterocycles. The van der Waals surface area contributed by atoms with Gasteiger partial charge in [0.2, 0.25) is 6.79 Å². The molecule has 1 saturated heterocycles. The fraction of sp³-hybridized carbons (Fsp3) is 0.212. The van der Waals surface area contributed by atoms with Gasteiger partial charge in [-0.15, -0.1) is 0 Å². The van der Waals surface area contributed by atoms with Gasteiger partial charge in [0.15, 0.2) is 23.0 Å². The molecule has 0 atom stereocenters. The van der Waals surface area contributed by atoms with Crippen LogP contribution in [0.1, 0.15) is 21.5 Å². The molecule has 0 bridgehead atoms. The second-order valence-corrected chi connectivity index (χ2v) is 10.7. The zero-order chi connectivity index (χ0) is 28.2. The molecule has 1 aliphatic carbocycles. The van der Waals surface area contributed by atoms with E-state index in [0.717, 1.165) is 78.0 Å². The number of nitrogens with zero attached hydrogens (tertiary/aromatic N) is 3. The third-order valence-corrected chi connectivity index (χ3v) is 8.30. The minimum absolute atomic E-state index is 0.0394. The topological polar surface area (TPSA) is 89.3 Å². The number of benzene rings is 4. The molecule has 0 unspecified atom stereocenters. The van der Waals surface area contributed by atoms with Crippen LogP contribution in [-0.4, -0.2) is 55.9 Å². The number of hydrogen-bond donors (Lipinski definition) is 1. The van der Waals surface area contributed by atoms with Crippen LogP contribution in [0.2, 0.25) is 0 Å². The van der Waals surface area contributed by atoms with Crippen LogP contribution in [0.4, 0.5) is 17.1 Å². The largest absolute Gasteiger partial charge is 0.497 e. The predicted molar refractivity (Wildman–Crippen MR) is 159 cm³/mol. The molecule has 210 valence electrons. The van der Waals surface area contributed by atoms with Crippen molar-refractivity contribution in [3.8, 4) is 28.6 Å². The Morgan fingerprint density at radius 3 is 2.50 bits per heavy atom. The van der Waals surface area contributed by atoms with Crippen molar-refractivity contribution in [1.82, 2.24) is 10.1 Å². The van der Waals surface area contributed by atoms with E-state index in [4.69, 9.17) is 18.7 Å². The van der Waals surface area contributed by atoms with Gasteiger partial charge in [0.1, 0.15) is 11.3 Å². The average Bonchev–Trinajstić information content (AvgIpc) is 3.69. The molecule has 2 aliphatic heterocycles. The first kappa shape index (κ1) is 24.8. The van der Waals surface area contributed by atoms with E-state index < -0.39 is 0 Å². The molecule has 3 aliphatic rings. The smallest absolute Gasteiger partial charge is 0.231 e. The Bertz CT molecular complexity index is 1840. The first-order valence-electron chi connectivity index (χ1n) is 14.0. The summed E-state index contributed by atoms with van der Waals surface area (Å²) < 4.78 is 22.3. The van der Waals surface area contributed by atoms with E-state index in [-0.39, 0.29) is 12.6 Å². The van der Waals surface area contributed by atoms with E-state index in [9.17, 15) is 4.79 Å². The Morgan fingerprint density at radius 2 is 1.69 bits per heavy atom. The van der Waals surface area contributed by atoms with Crippen LogP contribution in [-0.2, 0) is 6.54 Å². The number of nitrogens with one attached hydrogen (secondary N) is 1. The molecule has 4 aromatic carbocycles.